The maximum absolute atomic E-state index is 12.6. The van der Waals surface area contributed by atoms with Gasteiger partial charge in [-0.3, -0.25) is 4.79 Å². The predicted molar refractivity (Wildman–Crippen MR) is 129 cm³/mol. The van der Waals surface area contributed by atoms with E-state index >= 15 is 0 Å². The summed E-state index contributed by atoms with van der Waals surface area (Å²) >= 11 is 6.07. The number of benzene rings is 2. The van der Waals surface area contributed by atoms with Crippen LogP contribution in [-0.2, 0) is 31.4 Å². The standard InChI is InChI=1S/C22H28ClN3O6S2/c1-3-32-21-11-10-19(14-20(21)23)33(28,29)25-16(2)22(27)24-15-17-6-8-18(9-7-17)34(30,31)26-12-4-5-13-26/h6-11,14,16,25H,3-5,12-13,15H2,1-2H3,(H,24,27)/t16-/m1/s1. The molecule has 1 fully saturated rings. The van der Waals surface area contributed by atoms with E-state index in [2.05, 4.69) is 10.0 Å². The Morgan fingerprint density at radius 2 is 1.68 bits per heavy atom. The van der Waals surface area contributed by atoms with Gasteiger partial charge in [0.15, 0.2) is 0 Å². The monoisotopic (exact) mass is 529 g/mol. The minimum absolute atomic E-state index is 0.0876. The fraction of sp³-hybridized carbons (Fsp3) is 0.409. The van der Waals surface area contributed by atoms with Gasteiger partial charge < -0.3 is 10.1 Å². The molecule has 9 nitrogen and oxygen atoms in total. The van der Waals surface area contributed by atoms with Crippen molar-refractivity contribution in [3.05, 3.63) is 53.1 Å². The van der Waals surface area contributed by atoms with Crippen molar-refractivity contribution in [2.75, 3.05) is 19.7 Å². The van der Waals surface area contributed by atoms with Crippen molar-refractivity contribution in [3.63, 3.8) is 0 Å². The molecule has 1 saturated heterocycles. The molecule has 0 aliphatic carbocycles. The number of ether oxygens (including phenoxy) is 1. The van der Waals surface area contributed by atoms with Gasteiger partial charge in [-0.05, 0) is 62.6 Å². The second-order valence-electron chi connectivity index (χ2n) is 7.84. The summed E-state index contributed by atoms with van der Waals surface area (Å²) in [5.41, 5.74) is 0.682. The molecule has 3 rings (SSSR count). The van der Waals surface area contributed by atoms with Crippen molar-refractivity contribution < 1.29 is 26.4 Å². The zero-order valence-electron chi connectivity index (χ0n) is 19.0. The van der Waals surface area contributed by atoms with E-state index in [0.29, 0.717) is 31.0 Å². The maximum Gasteiger partial charge on any atom is 0.243 e. The van der Waals surface area contributed by atoms with E-state index in [1.165, 1.54) is 41.6 Å². The van der Waals surface area contributed by atoms with E-state index in [0.717, 1.165) is 12.8 Å². The minimum atomic E-state index is -3.99. The summed E-state index contributed by atoms with van der Waals surface area (Å²) in [6, 6.07) is 9.29. The molecule has 0 spiro atoms. The average Bonchev–Trinajstić information content (AvgIpc) is 3.35. The number of nitrogens with zero attached hydrogens (tertiary/aromatic N) is 1. The molecular formula is C22H28ClN3O6S2. The molecule has 0 radical (unpaired) electrons. The molecular weight excluding hydrogens is 502 g/mol. The van der Waals surface area contributed by atoms with Crippen molar-refractivity contribution in [1.82, 2.24) is 14.3 Å². The van der Waals surface area contributed by atoms with Crippen LogP contribution in [-0.4, -0.2) is 52.8 Å². The Bertz CT molecular complexity index is 1230. The highest BCUT2D eigenvalue weighted by atomic mass is 35.5. The quantitative estimate of drug-likeness (QED) is 0.487. The molecule has 12 heteroatoms. The lowest BCUT2D eigenvalue weighted by molar-refractivity contribution is -0.122. The third-order valence-corrected chi connectivity index (χ3v) is 9.08. The van der Waals surface area contributed by atoms with Gasteiger partial charge >= 0.3 is 0 Å². The van der Waals surface area contributed by atoms with E-state index in [1.54, 1.807) is 19.1 Å². The number of amides is 1. The molecule has 1 amide bonds. The number of sulfonamides is 2. The molecule has 2 aromatic carbocycles. The third kappa shape index (κ3) is 6.28. The molecule has 34 heavy (non-hydrogen) atoms. The predicted octanol–water partition coefficient (Wildman–Crippen LogP) is 2.51. The summed E-state index contributed by atoms with van der Waals surface area (Å²) in [6.07, 6.45) is 1.72. The first kappa shape index (κ1) is 26.4. The second-order valence-corrected chi connectivity index (χ2v) is 11.9. The van der Waals surface area contributed by atoms with Crippen LogP contribution in [0.5, 0.6) is 5.75 Å². The largest absolute Gasteiger partial charge is 0.492 e. The van der Waals surface area contributed by atoms with E-state index in [-0.39, 0.29) is 21.4 Å². The highest BCUT2D eigenvalue weighted by molar-refractivity contribution is 7.89. The lowest BCUT2D eigenvalue weighted by Gasteiger charge is -2.16. The van der Waals surface area contributed by atoms with Gasteiger partial charge in [-0.25, -0.2) is 16.8 Å². The topological polar surface area (TPSA) is 122 Å². The molecule has 0 aromatic heterocycles. The van der Waals surface area contributed by atoms with Gasteiger partial charge in [-0.2, -0.15) is 9.03 Å². The maximum atomic E-state index is 12.6. The van der Waals surface area contributed by atoms with Crippen molar-refractivity contribution >= 4 is 37.6 Å². The molecule has 1 aliphatic heterocycles. The Hall–Kier alpha value is -2.18. The van der Waals surface area contributed by atoms with Crippen LogP contribution in [0.25, 0.3) is 0 Å². The van der Waals surface area contributed by atoms with Gasteiger partial charge in [-0.1, -0.05) is 23.7 Å². The van der Waals surface area contributed by atoms with Gasteiger partial charge in [0, 0.05) is 19.6 Å². The van der Waals surface area contributed by atoms with Gasteiger partial charge in [0.1, 0.15) is 5.75 Å². The number of hydrogen-bond acceptors (Lipinski definition) is 6. The smallest absolute Gasteiger partial charge is 0.243 e. The van der Waals surface area contributed by atoms with Crippen molar-refractivity contribution in [3.8, 4) is 5.75 Å². The van der Waals surface area contributed by atoms with Crippen LogP contribution in [0.2, 0.25) is 5.02 Å². The van der Waals surface area contributed by atoms with E-state index < -0.39 is 32.0 Å². The lowest BCUT2D eigenvalue weighted by Crippen LogP contribution is -2.44. The summed E-state index contributed by atoms with van der Waals surface area (Å²) in [5, 5.41) is 2.80. The fourth-order valence-corrected chi connectivity index (χ4v) is 6.52. The molecule has 0 bridgehead atoms. The molecule has 186 valence electrons. The number of hydrogen-bond donors (Lipinski definition) is 2. The number of nitrogens with one attached hydrogen (secondary N) is 2. The Morgan fingerprint density at radius 1 is 1.06 bits per heavy atom. The SMILES string of the molecule is CCOc1ccc(S(=O)(=O)N[C@H](C)C(=O)NCc2ccc(S(=O)(=O)N3CCCC3)cc2)cc1Cl. The van der Waals surface area contributed by atoms with Crippen molar-refractivity contribution in [1.29, 1.82) is 0 Å². The van der Waals surface area contributed by atoms with Crippen LogP contribution < -0.4 is 14.8 Å². The normalized spacial score (nSPS) is 15.7. The summed E-state index contributed by atoms with van der Waals surface area (Å²) < 4.78 is 59.6. The zero-order chi connectivity index (χ0) is 24.9. The number of rotatable bonds is 10. The first-order chi connectivity index (χ1) is 16.0. The third-order valence-electron chi connectivity index (χ3n) is 5.33. The Labute approximate surface area is 205 Å². The summed E-state index contributed by atoms with van der Waals surface area (Å²) in [7, 11) is -7.50. The van der Waals surface area contributed by atoms with E-state index in [9.17, 15) is 21.6 Å². The Morgan fingerprint density at radius 3 is 2.26 bits per heavy atom. The van der Waals surface area contributed by atoms with Crippen LogP contribution >= 0.6 is 11.6 Å². The van der Waals surface area contributed by atoms with Gasteiger partial charge in [0.25, 0.3) is 0 Å². The van der Waals surface area contributed by atoms with Crippen LogP contribution in [0.4, 0.5) is 0 Å². The van der Waals surface area contributed by atoms with Crippen LogP contribution in [0.1, 0.15) is 32.3 Å². The molecule has 2 aromatic rings. The molecule has 0 unspecified atom stereocenters. The summed E-state index contributed by atoms with van der Waals surface area (Å²) in [6.45, 7) is 4.76. The molecule has 1 aliphatic rings. The first-order valence-electron chi connectivity index (χ1n) is 10.9. The Kier molecular flexibility index (Phi) is 8.58. The number of carbonyl (C=O) groups excluding carboxylic acids is 1. The van der Waals surface area contributed by atoms with Crippen molar-refractivity contribution in [2.24, 2.45) is 0 Å². The van der Waals surface area contributed by atoms with Crippen LogP contribution in [0.3, 0.4) is 0 Å². The first-order valence-corrected chi connectivity index (χ1v) is 14.2. The summed E-state index contributed by atoms with van der Waals surface area (Å²) in [5.74, 6) is -0.164. The van der Waals surface area contributed by atoms with Crippen LogP contribution in [0, 0.1) is 0 Å². The highest BCUT2D eigenvalue weighted by Gasteiger charge is 2.27. The van der Waals surface area contributed by atoms with Gasteiger partial charge in [-0.15, -0.1) is 0 Å². The van der Waals surface area contributed by atoms with Gasteiger partial charge in [0.05, 0.1) is 27.5 Å². The van der Waals surface area contributed by atoms with Gasteiger partial charge in [0.2, 0.25) is 26.0 Å². The number of halogens is 1. The van der Waals surface area contributed by atoms with Crippen molar-refractivity contribution in [2.45, 2.75) is 49.1 Å². The zero-order valence-corrected chi connectivity index (χ0v) is 21.3. The molecule has 1 atom stereocenters. The van der Waals surface area contributed by atoms with E-state index in [1.807, 2.05) is 0 Å². The van der Waals surface area contributed by atoms with Crippen LogP contribution in [0.15, 0.2) is 52.3 Å². The molecule has 0 saturated carbocycles. The average molecular weight is 530 g/mol. The van der Waals surface area contributed by atoms with E-state index in [4.69, 9.17) is 16.3 Å². The minimum Gasteiger partial charge on any atom is -0.492 e. The summed E-state index contributed by atoms with van der Waals surface area (Å²) in [4.78, 5) is 12.6. The highest BCUT2D eigenvalue weighted by Crippen LogP contribution is 2.27. The fourth-order valence-electron chi connectivity index (χ4n) is 3.47. The lowest BCUT2D eigenvalue weighted by atomic mass is 10.2. The molecule has 2 N–H and O–H groups in total. The number of carbonyl (C=O) groups is 1. The molecule has 1 heterocycles. The second kappa shape index (κ2) is 11.0. The Balaban J connectivity index is 1.58.